The number of benzene rings is 3. The van der Waals surface area contributed by atoms with Crippen LogP contribution in [-0.4, -0.2) is 15.7 Å². The van der Waals surface area contributed by atoms with E-state index in [1.165, 1.54) is 0 Å². The molecule has 0 fully saturated rings. The van der Waals surface area contributed by atoms with Gasteiger partial charge in [-0.25, -0.2) is 0 Å². The molecule has 24 heavy (non-hydrogen) atoms. The van der Waals surface area contributed by atoms with Crippen molar-refractivity contribution in [2.45, 2.75) is 0 Å². The van der Waals surface area contributed by atoms with Crippen molar-refractivity contribution in [3.05, 3.63) is 95.1 Å². The molecule has 0 bridgehead atoms. The summed E-state index contributed by atoms with van der Waals surface area (Å²) in [5, 5.41) is 0. The van der Waals surface area contributed by atoms with Gasteiger partial charge in [-0.3, -0.25) is 0 Å². The zero-order valence-corrected chi connectivity index (χ0v) is 13.1. The van der Waals surface area contributed by atoms with Gasteiger partial charge in [0, 0.05) is 22.3 Å². The Morgan fingerprint density at radius 3 is 0.833 bits per heavy atom. The van der Waals surface area contributed by atoms with Crippen molar-refractivity contribution in [2.24, 2.45) is 0 Å². The second kappa shape index (κ2) is 7.45. The smallest absolute Gasteiger partial charge is 0.0966 e. The average Bonchev–Trinajstić information content (AvgIpc) is 2.62. The minimum absolute atomic E-state index is 0.740. The Morgan fingerprint density at radius 2 is 0.583 bits per heavy atom. The first kappa shape index (κ1) is 15.8. The summed E-state index contributed by atoms with van der Waals surface area (Å²) in [6.07, 6.45) is 0. The molecule has 0 aliphatic heterocycles. The molecule has 2 heteroatoms. The zero-order valence-electron chi connectivity index (χ0n) is 13.1. The summed E-state index contributed by atoms with van der Waals surface area (Å²) in [7, 11) is 11.3. The van der Waals surface area contributed by atoms with Crippen molar-refractivity contribution < 1.29 is 0 Å². The standard InChI is InChI=1S/C22H12B2/c23-21-13-9-19(10-14-21)7-5-17-1-2-18(4-3-17)6-8-20-11-15-22(24)16-12-20/h1-4,9-16H. The van der Waals surface area contributed by atoms with Crippen molar-refractivity contribution in [3.8, 4) is 23.7 Å². The van der Waals surface area contributed by atoms with Crippen LogP contribution in [0.5, 0.6) is 0 Å². The van der Waals surface area contributed by atoms with Gasteiger partial charge in [-0.05, 0) is 48.5 Å². The predicted molar refractivity (Wildman–Crippen MR) is 102 cm³/mol. The summed E-state index contributed by atoms with van der Waals surface area (Å²) < 4.78 is 0. The molecule has 0 atom stereocenters. The maximum atomic E-state index is 5.66. The quantitative estimate of drug-likeness (QED) is 0.440. The molecule has 3 rings (SSSR count). The van der Waals surface area contributed by atoms with Crippen LogP contribution in [0.15, 0.2) is 72.8 Å². The highest BCUT2D eigenvalue weighted by molar-refractivity contribution is 6.32. The summed E-state index contributed by atoms with van der Waals surface area (Å²) in [5.41, 5.74) is 5.26. The molecule has 0 nitrogen and oxygen atoms in total. The Hall–Kier alpha value is -3.09. The summed E-state index contributed by atoms with van der Waals surface area (Å²) in [6, 6.07) is 22.9. The Balaban J connectivity index is 1.72. The highest BCUT2D eigenvalue weighted by atomic mass is 13.9. The third-order valence-electron chi connectivity index (χ3n) is 3.41. The minimum atomic E-state index is 0.740. The lowest BCUT2D eigenvalue weighted by Crippen LogP contribution is -1.99. The summed E-state index contributed by atoms with van der Waals surface area (Å²) >= 11 is 0. The molecule has 0 heterocycles. The Labute approximate surface area is 145 Å². The third-order valence-corrected chi connectivity index (χ3v) is 3.41. The number of hydrogen-bond donors (Lipinski definition) is 0. The van der Waals surface area contributed by atoms with Crippen LogP contribution in [0.1, 0.15) is 22.3 Å². The van der Waals surface area contributed by atoms with E-state index in [0.29, 0.717) is 0 Å². The summed E-state index contributed by atoms with van der Waals surface area (Å²) in [5.74, 6) is 12.5. The molecule has 106 valence electrons. The van der Waals surface area contributed by atoms with Crippen LogP contribution in [0.3, 0.4) is 0 Å². The van der Waals surface area contributed by atoms with Gasteiger partial charge in [0.25, 0.3) is 0 Å². The molecule has 4 radical (unpaired) electrons. The van der Waals surface area contributed by atoms with E-state index in [2.05, 4.69) is 23.7 Å². The number of hydrogen-bond acceptors (Lipinski definition) is 0. The second-order valence-electron chi connectivity index (χ2n) is 5.32. The molecule has 0 N–H and O–H groups in total. The van der Waals surface area contributed by atoms with Gasteiger partial charge in [0.15, 0.2) is 0 Å². The van der Waals surface area contributed by atoms with E-state index in [0.717, 1.165) is 33.2 Å². The van der Waals surface area contributed by atoms with Crippen LogP contribution >= 0.6 is 0 Å². The maximum absolute atomic E-state index is 5.66. The Bertz CT molecular complexity index is 861. The van der Waals surface area contributed by atoms with E-state index in [9.17, 15) is 0 Å². The van der Waals surface area contributed by atoms with Gasteiger partial charge in [-0.2, -0.15) is 0 Å². The van der Waals surface area contributed by atoms with Gasteiger partial charge in [0.05, 0.1) is 0 Å². The van der Waals surface area contributed by atoms with Crippen LogP contribution < -0.4 is 10.9 Å². The third kappa shape index (κ3) is 4.45. The Morgan fingerprint density at radius 1 is 0.375 bits per heavy atom. The van der Waals surface area contributed by atoms with Gasteiger partial charge >= 0.3 is 0 Å². The fourth-order valence-electron chi connectivity index (χ4n) is 2.06. The van der Waals surface area contributed by atoms with E-state index in [4.69, 9.17) is 15.7 Å². The molecule has 0 amide bonds. The van der Waals surface area contributed by atoms with E-state index in [1.807, 2.05) is 72.8 Å². The minimum Gasteiger partial charge on any atom is -0.0966 e. The lowest BCUT2D eigenvalue weighted by Gasteiger charge is -1.94. The molecule has 0 aliphatic carbocycles. The number of rotatable bonds is 0. The van der Waals surface area contributed by atoms with E-state index in [1.54, 1.807) is 0 Å². The van der Waals surface area contributed by atoms with Gasteiger partial charge in [0.1, 0.15) is 15.7 Å². The van der Waals surface area contributed by atoms with Crippen LogP contribution in [0, 0.1) is 23.7 Å². The molecule has 0 aliphatic rings. The molecule has 0 unspecified atom stereocenters. The van der Waals surface area contributed by atoms with Gasteiger partial charge in [-0.15, -0.1) is 0 Å². The summed E-state index contributed by atoms with van der Waals surface area (Å²) in [6.45, 7) is 0. The van der Waals surface area contributed by atoms with Gasteiger partial charge < -0.3 is 0 Å². The molecule has 0 saturated carbocycles. The first-order valence-corrected chi connectivity index (χ1v) is 7.54. The van der Waals surface area contributed by atoms with Crippen LogP contribution in [0.4, 0.5) is 0 Å². The highest BCUT2D eigenvalue weighted by Crippen LogP contribution is 2.03. The molecule has 0 saturated heterocycles. The van der Waals surface area contributed by atoms with E-state index in [-0.39, 0.29) is 0 Å². The van der Waals surface area contributed by atoms with Crippen molar-refractivity contribution >= 4 is 26.6 Å². The molecule has 0 aromatic heterocycles. The van der Waals surface area contributed by atoms with Crippen molar-refractivity contribution in [3.63, 3.8) is 0 Å². The van der Waals surface area contributed by atoms with Crippen molar-refractivity contribution in [1.82, 2.24) is 0 Å². The fourth-order valence-corrected chi connectivity index (χ4v) is 2.06. The first-order chi connectivity index (χ1) is 11.7. The van der Waals surface area contributed by atoms with Gasteiger partial charge in [-0.1, -0.05) is 58.9 Å². The largest absolute Gasteiger partial charge is 0.113 e. The monoisotopic (exact) mass is 298 g/mol. The van der Waals surface area contributed by atoms with Crippen LogP contribution in [0.25, 0.3) is 0 Å². The fraction of sp³-hybridized carbons (Fsp3) is 0. The summed E-state index contributed by atoms with van der Waals surface area (Å²) in [4.78, 5) is 0. The van der Waals surface area contributed by atoms with E-state index >= 15 is 0 Å². The molecular formula is C22H12B2. The SMILES string of the molecule is [B]c1ccc(C#Cc2ccc(C#Cc3ccc([B])cc3)cc2)cc1. The van der Waals surface area contributed by atoms with Gasteiger partial charge in [0.2, 0.25) is 0 Å². The normalized spacial score (nSPS) is 9.33. The van der Waals surface area contributed by atoms with Crippen molar-refractivity contribution in [1.29, 1.82) is 0 Å². The highest BCUT2D eigenvalue weighted by Gasteiger charge is 1.91. The Kier molecular flexibility index (Phi) is 4.90. The van der Waals surface area contributed by atoms with Crippen molar-refractivity contribution in [2.75, 3.05) is 0 Å². The van der Waals surface area contributed by atoms with E-state index < -0.39 is 0 Å². The predicted octanol–water partition coefficient (Wildman–Crippen LogP) is 2.07. The topological polar surface area (TPSA) is 0 Å². The second-order valence-corrected chi connectivity index (χ2v) is 5.32. The lowest BCUT2D eigenvalue weighted by molar-refractivity contribution is 1.59. The molecule has 0 spiro atoms. The first-order valence-electron chi connectivity index (χ1n) is 7.54. The molecule has 3 aromatic carbocycles. The molecule has 3 aromatic rings. The van der Waals surface area contributed by atoms with Crippen LogP contribution in [0.2, 0.25) is 0 Å². The molecular weight excluding hydrogens is 286 g/mol. The zero-order chi connectivity index (χ0) is 16.8. The van der Waals surface area contributed by atoms with Crippen LogP contribution in [-0.2, 0) is 0 Å². The maximum Gasteiger partial charge on any atom is 0.113 e. The lowest BCUT2D eigenvalue weighted by atomic mass is 9.95. The average molecular weight is 298 g/mol.